The van der Waals surface area contributed by atoms with Crippen molar-refractivity contribution in [2.45, 2.75) is 38.6 Å². The van der Waals surface area contributed by atoms with Crippen LogP contribution in [0.5, 0.6) is 0 Å². The zero-order valence-electron chi connectivity index (χ0n) is 22.8. The Labute approximate surface area is 228 Å². The minimum absolute atomic E-state index is 0.00296. The molecule has 0 radical (unpaired) electrons. The topological polar surface area (TPSA) is 9.23 Å². The SMILES string of the molecule is CC1(C)OB(c2cc(C3=C\C=C/C=C\C=C/C=C/C=C3)c(-c3ccccc3)c(-c3ccccc3)c2)C1(C)C. The van der Waals surface area contributed by atoms with Crippen LogP contribution in [0.25, 0.3) is 27.8 Å². The summed E-state index contributed by atoms with van der Waals surface area (Å²) in [7, 11) is 0. The second-order valence-corrected chi connectivity index (χ2v) is 11.0. The third kappa shape index (κ3) is 5.10. The van der Waals surface area contributed by atoms with Crippen molar-refractivity contribution in [3.8, 4) is 22.3 Å². The van der Waals surface area contributed by atoms with Crippen LogP contribution in [0, 0.1) is 0 Å². The number of rotatable bonds is 4. The summed E-state index contributed by atoms with van der Waals surface area (Å²) in [5.74, 6) is 0. The Kier molecular flexibility index (Phi) is 7.36. The molecule has 1 aliphatic heterocycles. The zero-order chi connectivity index (χ0) is 26.6. The van der Waals surface area contributed by atoms with Crippen molar-refractivity contribution in [1.29, 1.82) is 0 Å². The molecule has 1 heterocycles. The normalized spacial score (nSPS) is 21.3. The molecule has 0 atom stereocenters. The second kappa shape index (κ2) is 10.9. The number of hydrogen-bond acceptors (Lipinski definition) is 1. The summed E-state index contributed by atoms with van der Waals surface area (Å²) in [6, 6.07) is 26.2. The van der Waals surface area contributed by atoms with Crippen molar-refractivity contribution in [1.82, 2.24) is 0 Å². The Balaban J connectivity index is 1.80. The fourth-order valence-electron chi connectivity index (χ4n) is 5.14. The standard InChI is InChI=1S/C36H35BO/c1-35(2)36(3,4)38-37(35)31-26-32(28-20-14-10-8-6-5-7-9-11-15-21-28)34(30-24-18-13-19-25-30)33(27-31)29-22-16-12-17-23-29/h5-27H,1-4H3/b6-5-,7-5?,8-6?,9-7-,10-8+,11-9?,14-10?,15-11-,20-14?,21-15?,28-20?,28-21?. The summed E-state index contributed by atoms with van der Waals surface area (Å²) in [6.07, 6.45) is 23.0. The maximum Gasteiger partial charge on any atom is 0.335 e. The van der Waals surface area contributed by atoms with Crippen LogP contribution in [0.4, 0.5) is 0 Å². The van der Waals surface area contributed by atoms with Crippen LogP contribution in [0.3, 0.4) is 0 Å². The molecular weight excluding hydrogens is 459 g/mol. The van der Waals surface area contributed by atoms with Gasteiger partial charge in [0.25, 0.3) is 0 Å². The highest BCUT2D eigenvalue weighted by Gasteiger charge is 2.59. The van der Waals surface area contributed by atoms with Gasteiger partial charge in [-0.1, -0.05) is 153 Å². The van der Waals surface area contributed by atoms with E-state index in [2.05, 4.69) is 149 Å². The predicted molar refractivity (Wildman–Crippen MR) is 166 cm³/mol. The van der Waals surface area contributed by atoms with E-state index in [4.69, 9.17) is 4.65 Å². The molecule has 0 N–H and O–H groups in total. The van der Waals surface area contributed by atoms with Crippen LogP contribution in [-0.4, -0.2) is 12.5 Å². The van der Waals surface area contributed by atoms with E-state index in [-0.39, 0.29) is 17.8 Å². The molecule has 5 rings (SSSR count). The lowest BCUT2D eigenvalue weighted by molar-refractivity contribution is -0.00939. The first-order valence-electron chi connectivity index (χ1n) is 13.4. The fourth-order valence-corrected chi connectivity index (χ4v) is 5.14. The number of hydrogen-bond donors (Lipinski definition) is 0. The van der Waals surface area contributed by atoms with Gasteiger partial charge in [-0.2, -0.15) is 0 Å². The molecule has 2 aliphatic rings. The Bertz CT molecular complexity index is 1460. The van der Waals surface area contributed by atoms with E-state index in [1.165, 1.54) is 33.3 Å². The molecule has 2 heteroatoms. The van der Waals surface area contributed by atoms with Gasteiger partial charge in [0.15, 0.2) is 0 Å². The molecule has 0 amide bonds. The lowest BCUT2D eigenvalue weighted by Gasteiger charge is -2.57. The molecule has 38 heavy (non-hydrogen) atoms. The minimum Gasteiger partial charge on any atom is -0.425 e. The van der Waals surface area contributed by atoms with Gasteiger partial charge in [0.2, 0.25) is 0 Å². The molecule has 0 unspecified atom stereocenters. The summed E-state index contributed by atoms with van der Waals surface area (Å²) in [5, 5.41) is 0.00296. The van der Waals surface area contributed by atoms with E-state index in [1.807, 2.05) is 18.2 Å². The van der Waals surface area contributed by atoms with Crippen molar-refractivity contribution in [3.05, 3.63) is 145 Å². The van der Waals surface area contributed by atoms with E-state index < -0.39 is 0 Å². The smallest absolute Gasteiger partial charge is 0.335 e. The van der Waals surface area contributed by atoms with Crippen molar-refractivity contribution in [3.63, 3.8) is 0 Å². The van der Waals surface area contributed by atoms with Gasteiger partial charge in [-0.05, 0) is 52.7 Å². The van der Waals surface area contributed by atoms with Gasteiger partial charge in [-0.3, -0.25) is 0 Å². The van der Waals surface area contributed by atoms with Crippen molar-refractivity contribution in [2.75, 3.05) is 0 Å². The van der Waals surface area contributed by atoms with Gasteiger partial charge in [-0.25, -0.2) is 0 Å². The molecule has 3 aromatic rings. The molecule has 1 aliphatic carbocycles. The Morgan fingerprint density at radius 2 is 1.11 bits per heavy atom. The molecule has 1 saturated heterocycles. The largest absolute Gasteiger partial charge is 0.425 e. The maximum atomic E-state index is 6.54. The van der Waals surface area contributed by atoms with Crippen molar-refractivity contribution in [2.24, 2.45) is 0 Å². The van der Waals surface area contributed by atoms with Gasteiger partial charge in [0, 0.05) is 10.9 Å². The monoisotopic (exact) mass is 494 g/mol. The molecule has 3 aromatic carbocycles. The quantitative estimate of drug-likeness (QED) is 0.329. The first kappa shape index (κ1) is 25.8. The van der Waals surface area contributed by atoms with Crippen molar-refractivity contribution < 1.29 is 4.65 Å². The molecule has 188 valence electrons. The van der Waals surface area contributed by atoms with Crippen LogP contribution < -0.4 is 5.46 Å². The van der Waals surface area contributed by atoms with E-state index in [9.17, 15) is 0 Å². The van der Waals surface area contributed by atoms with Gasteiger partial charge < -0.3 is 4.65 Å². The Morgan fingerprint density at radius 3 is 1.68 bits per heavy atom. The first-order valence-corrected chi connectivity index (χ1v) is 13.4. The maximum absolute atomic E-state index is 6.54. The van der Waals surface area contributed by atoms with E-state index in [0.29, 0.717) is 0 Å². The molecule has 0 bridgehead atoms. The molecule has 0 aromatic heterocycles. The van der Waals surface area contributed by atoms with Crippen LogP contribution in [0.15, 0.2) is 140 Å². The van der Waals surface area contributed by atoms with Gasteiger partial charge in [-0.15, -0.1) is 0 Å². The van der Waals surface area contributed by atoms with Gasteiger partial charge in [0.05, 0.1) is 0 Å². The van der Waals surface area contributed by atoms with Crippen LogP contribution in [0.2, 0.25) is 5.31 Å². The minimum atomic E-state index is -0.178. The van der Waals surface area contributed by atoms with Crippen LogP contribution >= 0.6 is 0 Å². The van der Waals surface area contributed by atoms with Gasteiger partial charge in [0.1, 0.15) is 0 Å². The van der Waals surface area contributed by atoms with E-state index in [0.717, 1.165) is 5.57 Å². The average Bonchev–Trinajstić information content (AvgIpc) is 2.92. The Morgan fingerprint density at radius 1 is 0.579 bits per heavy atom. The zero-order valence-corrected chi connectivity index (χ0v) is 22.8. The highest BCUT2D eigenvalue weighted by molar-refractivity contribution is 6.73. The van der Waals surface area contributed by atoms with Gasteiger partial charge >= 0.3 is 6.92 Å². The number of allylic oxidation sites excluding steroid dienone is 12. The summed E-state index contributed by atoms with van der Waals surface area (Å²) in [4.78, 5) is 0. The van der Waals surface area contributed by atoms with Crippen LogP contribution in [0.1, 0.15) is 33.3 Å². The molecule has 0 saturated carbocycles. The average molecular weight is 494 g/mol. The summed E-state index contributed by atoms with van der Waals surface area (Å²) in [5.41, 5.74) is 8.23. The van der Waals surface area contributed by atoms with Crippen molar-refractivity contribution >= 4 is 18.0 Å². The summed E-state index contributed by atoms with van der Waals surface area (Å²) < 4.78 is 6.54. The summed E-state index contributed by atoms with van der Waals surface area (Å²) in [6.45, 7) is 9.03. The molecule has 0 spiro atoms. The number of benzene rings is 3. The molecular formula is C36H35BO. The highest BCUT2D eigenvalue weighted by atomic mass is 16.5. The second-order valence-electron chi connectivity index (χ2n) is 11.0. The fraction of sp³-hybridized carbons (Fsp3) is 0.167. The lowest BCUT2D eigenvalue weighted by atomic mass is 9.33. The van der Waals surface area contributed by atoms with Crippen LogP contribution in [-0.2, 0) is 4.65 Å². The predicted octanol–water partition coefficient (Wildman–Crippen LogP) is 8.99. The lowest BCUT2D eigenvalue weighted by Crippen LogP contribution is -2.66. The van der Waals surface area contributed by atoms with E-state index in [1.54, 1.807) is 0 Å². The molecule has 1 nitrogen and oxygen atoms in total. The third-order valence-electron chi connectivity index (χ3n) is 7.98. The Hall–Kier alpha value is -3.88. The highest BCUT2D eigenvalue weighted by Crippen LogP contribution is 2.53. The third-order valence-corrected chi connectivity index (χ3v) is 7.98. The van der Waals surface area contributed by atoms with E-state index >= 15 is 0 Å². The first-order chi connectivity index (χ1) is 18.4. The summed E-state index contributed by atoms with van der Waals surface area (Å²) >= 11 is 0. The molecule has 1 fully saturated rings.